The smallest absolute Gasteiger partial charge is 0.318 e. The molecule has 0 radical (unpaired) electrons. The molecule has 5 heteroatoms. The van der Waals surface area contributed by atoms with Crippen LogP contribution in [0.25, 0.3) is 0 Å². The molecule has 5 nitrogen and oxygen atoms in total. The number of carbonyl (C=O) groups is 2. The van der Waals surface area contributed by atoms with Crippen molar-refractivity contribution in [2.75, 3.05) is 6.54 Å². The molecule has 0 aliphatic heterocycles. The number of aliphatic carboxylic acids is 1. The van der Waals surface area contributed by atoms with E-state index in [9.17, 15) is 9.59 Å². The summed E-state index contributed by atoms with van der Waals surface area (Å²) in [5, 5.41) is 11.6. The summed E-state index contributed by atoms with van der Waals surface area (Å²) in [5.74, 6) is -0.800. The normalized spacial score (nSPS) is 16.2. The van der Waals surface area contributed by atoms with Gasteiger partial charge in [-0.1, -0.05) is 19.9 Å². The van der Waals surface area contributed by atoms with Crippen molar-refractivity contribution in [3.05, 3.63) is 12.7 Å². The van der Waals surface area contributed by atoms with E-state index in [4.69, 9.17) is 5.11 Å². The molecular formula is C13H22N2O3. The minimum atomic E-state index is -0.893. The third-order valence-electron chi connectivity index (χ3n) is 3.08. The topological polar surface area (TPSA) is 69.6 Å². The maximum absolute atomic E-state index is 12.1. The fourth-order valence-corrected chi connectivity index (χ4v) is 1.81. The third-order valence-corrected chi connectivity index (χ3v) is 3.08. The standard InChI is InChI=1S/C13H22N2O3/c1-4-7-15(10-5-6-10)13(18)14-11(9(2)3)8-12(16)17/h4,9-11H,1,5-8H2,2-3H3,(H,14,18)(H,16,17). The van der Waals surface area contributed by atoms with Crippen molar-refractivity contribution >= 4 is 12.0 Å². The number of hydrogen-bond acceptors (Lipinski definition) is 2. The zero-order valence-corrected chi connectivity index (χ0v) is 11.1. The molecule has 0 aromatic carbocycles. The van der Waals surface area contributed by atoms with Crippen LogP contribution in [0, 0.1) is 5.92 Å². The van der Waals surface area contributed by atoms with Crippen molar-refractivity contribution in [3.63, 3.8) is 0 Å². The van der Waals surface area contributed by atoms with Crippen molar-refractivity contribution < 1.29 is 14.7 Å². The molecule has 1 unspecified atom stereocenters. The Morgan fingerprint density at radius 1 is 1.50 bits per heavy atom. The summed E-state index contributed by atoms with van der Waals surface area (Å²) >= 11 is 0. The van der Waals surface area contributed by atoms with E-state index >= 15 is 0 Å². The summed E-state index contributed by atoms with van der Waals surface area (Å²) in [5.41, 5.74) is 0. The van der Waals surface area contributed by atoms with Crippen LogP contribution in [0.2, 0.25) is 0 Å². The summed E-state index contributed by atoms with van der Waals surface area (Å²) in [6.07, 6.45) is 3.69. The first kappa shape index (κ1) is 14.5. The first-order chi connectivity index (χ1) is 8.45. The molecule has 1 saturated carbocycles. The molecule has 1 rings (SSSR count). The van der Waals surface area contributed by atoms with E-state index < -0.39 is 5.97 Å². The quantitative estimate of drug-likeness (QED) is 0.681. The fourth-order valence-electron chi connectivity index (χ4n) is 1.81. The highest BCUT2D eigenvalue weighted by atomic mass is 16.4. The minimum Gasteiger partial charge on any atom is -0.481 e. The maximum Gasteiger partial charge on any atom is 0.318 e. The van der Waals surface area contributed by atoms with Gasteiger partial charge in [0.15, 0.2) is 0 Å². The number of nitrogens with one attached hydrogen (secondary N) is 1. The molecule has 0 saturated heterocycles. The lowest BCUT2D eigenvalue weighted by molar-refractivity contribution is -0.137. The second-order valence-corrected chi connectivity index (χ2v) is 5.07. The van der Waals surface area contributed by atoms with E-state index in [1.165, 1.54) is 0 Å². The van der Waals surface area contributed by atoms with E-state index in [1.54, 1.807) is 11.0 Å². The Hall–Kier alpha value is -1.52. The van der Waals surface area contributed by atoms with Gasteiger partial charge in [-0.15, -0.1) is 6.58 Å². The molecule has 0 heterocycles. The minimum absolute atomic E-state index is 0.0456. The molecular weight excluding hydrogens is 232 g/mol. The van der Waals surface area contributed by atoms with Crippen LogP contribution < -0.4 is 5.32 Å². The van der Waals surface area contributed by atoms with Crippen molar-refractivity contribution in [1.29, 1.82) is 0 Å². The molecule has 0 aromatic heterocycles. The van der Waals surface area contributed by atoms with Crippen LogP contribution in [0.3, 0.4) is 0 Å². The van der Waals surface area contributed by atoms with Gasteiger partial charge >= 0.3 is 12.0 Å². The van der Waals surface area contributed by atoms with Gasteiger partial charge in [-0.25, -0.2) is 4.79 Å². The number of carboxylic acids is 1. The Balaban J connectivity index is 2.57. The van der Waals surface area contributed by atoms with Gasteiger partial charge in [0, 0.05) is 18.6 Å². The van der Waals surface area contributed by atoms with Crippen molar-refractivity contribution in [2.45, 2.75) is 45.2 Å². The largest absolute Gasteiger partial charge is 0.481 e. The van der Waals surface area contributed by atoms with Gasteiger partial charge in [0.2, 0.25) is 0 Å². The maximum atomic E-state index is 12.1. The second kappa shape index (κ2) is 6.42. The number of nitrogens with zero attached hydrogens (tertiary/aromatic N) is 1. The Morgan fingerprint density at radius 2 is 2.11 bits per heavy atom. The van der Waals surface area contributed by atoms with Crippen molar-refractivity contribution in [1.82, 2.24) is 10.2 Å². The molecule has 0 spiro atoms. The molecule has 1 aliphatic carbocycles. The van der Waals surface area contributed by atoms with Crippen LogP contribution in [-0.4, -0.2) is 40.6 Å². The fraction of sp³-hybridized carbons (Fsp3) is 0.692. The SMILES string of the molecule is C=CCN(C(=O)NC(CC(=O)O)C(C)C)C1CC1. The Morgan fingerprint density at radius 3 is 2.50 bits per heavy atom. The second-order valence-electron chi connectivity index (χ2n) is 5.07. The van der Waals surface area contributed by atoms with Gasteiger partial charge in [0.1, 0.15) is 0 Å². The van der Waals surface area contributed by atoms with Crippen molar-refractivity contribution in [2.24, 2.45) is 5.92 Å². The molecule has 18 heavy (non-hydrogen) atoms. The Bertz CT molecular complexity index is 324. The van der Waals surface area contributed by atoms with Crippen LogP contribution >= 0.6 is 0 Å². The number of carboxylic acid groups (broad SMARTS) is 1. The number of amides is 2. The lowest BCUT2D eigenvalue weighted by Gasteiger charge is -2.26. The zero-order valence-electron chi connectivity index (χ0n) is 11.1. The molecule has 1 fully saturated rings. The average Bonchev–Trinajstić information content (AvgIpc) is 3.07. The number of hydrogen-bond donors (Lipinski definition) is 2. The number of urea groups is 1. The van der Waals surface area contributed by atoms with E-state index in [0.717, 1.165) is 12.8 Å². The first-order valence-electron chi connectivity index (χ1n) is 6.35. The lowest BCUT2D eigenvalue weighted by Crippen LogP contribution is -2.48. The predicted octanol–water partition coefficient (Wildman–Crippen LogP) is 1.85. The van der Waals surface area contributed by atoms with Crippen LogP contribution in [0.1, 0.15) is 33.1 Å². The van der Waals surface area contributed by atoms with Crippen LogP contribution in [0.4, 0.5) is 4.79 Å². The van der Waals surface area contributed by atoms with Gasteiger partial charge < -0.3 is 15.3 Å². The summed E-state index contributed by atoms with van der Waals surface area (Å²) in [7, 11) is 0. The summed E-state index contributed by atoms with van der Waals surface area (Å²) in [4.78, 5) is 24.6. The highest BCUT2D eigenvalue weighted by Gasteiger charge is 2.33. The molecule has 0 bridgehead atoms. The van der Waals surface area contributed by atoms with Crippen LogP contribution in [0.15, 0.2) is 12.7 Å². The van der Waals surface area contributed by atoms with E-state index in [-0.39, 0.29) is 24.4 Å². The molecule has 2 amide bonds. The molecule has 2 N–H and O–H groups in total. The molecule has 1 aliphatic rings. The van der Waals surface area contributed by atoms with Crippen LogP contribution in [-0.2, 0) is 4.79 Å². The first-order valence-corrected chi connectivity index (χ1v) is 6.35. The van der Waals surface area contributed by atoms with Gasteiger partial charge in [-0.2, -0.15) is 0 Å². The molecule has 1 atom stereocenters. The Labute approximate surface area is 108 Å². The van der Waals surface area contributed by atoms with Gasteiger partial charge in [-0.3, -0.25) is 4.79 Å². The monoisotopic (exact) mass is 254 g/mol. The van der Waals surface area contributed by atoms with E-state index in [2.05, 4.69) is 11.9 Å². The third kappa shape index (κ3) is 4.39. The molecule has 0 aromatic rings. The molecule has 102 valence electrons. The zero-order chi connectivity index (χ0) is 13.7. The summed E-state index contributed by atoms with van der Waals surface area (Å²) in [6.45, 7) is 7.96. The van der Waals surface area contributed by atoms with E-state index in [1.807, 2.05) is 13.8 Å². The lowest BCUT2D eigenvalue weighted by atomic mass is 10.0. The summed E-state index contributed by atoms with van der Waals surface area (Å²) < 4.78 is 0. The number of carbonyl (C=O) groups excluding carboxylic acids is 1. The van der Waals surface area contributed by atoms with Gasteiger partial charge in [0.25, 0.3) is 0 Å². The van der Waals surface area contributed by atoms with Gasteiger partial charge in [0.05, 0.1) is 6.42 Å². The highest BCUT2D eigenvalue weighted by Crippen LogP contribution is 2.26. The number of rotatable bonds is 7. The Kier molecular flexibility index (Phi) is 5.19. The summed E-state index contributed by atoms with van der Waals surface area (Å²) in [6, 6.07) is -0.223. The van der Waals surface area contributed by atoms with Crippen LogP contribution in [0.5, 0.6) is 0 Å². The highest BCUT2D eigenvalue weighted by molar-refractivity contribution is 5.76. The van der Waals surface area contributed by atoms with Crippen molar-refractivity contribution in [3.8, 4) is 0 Å². The predicted molar refractivity (Wildman–Crippen MR) is 69.3 cm³/mol. The van der Waals surface area contributed by atoms with E-state index in [0.29, 0.717) is 12.6 Å². The van der Waals surface area contributed by atoms with Gasteiger partial charge in [-0.05, 0) is 18.8 Å². The average molecular weight is 254 g/mol.